The van der Waals surface area contributed by atoms with Crippen molar-refractivity contribution in [2.45, 2.75) is 26.0 Å². The van der Waals surface area contributed by atoms with Crippen molar-refractivity contribution in [3.63, 3.8) is 0 Å². The summed E-state index contributed by atoms with van der Waals surface area (Å²) in [6.45, 7) is 3.93. The minimum atomic E-state index is -0.919. The van der Waals surface area contributed by atoms with Gasteiger partial charge in [0.15, 0.2) is 0 Å². The third-order valence-electron chi connectivity index (χ3n) is 4.19. The van der Waals surface area contributed by atoms with E-state index >= 15 is 0 Å². The van der Waals surface area contributed by atoms with Gasteiger partial charge >= 0.3 is 0 Å². The van der Waals surface area contributed by atoms with E-state index in [1.807, 2.05) is 44.2 Å². The summed E-state index contributed by atoms with van der Waals surface area (Å²) < 4.78 is 10.9. The second kappa shape index (κ2) is 11.2. The number of fused-ring (bicyclic) bond motifs is 1. The number of nitrogens with zero attached hydrogens (tertiary/aromatic N) is 2. The standard InChI is InChI=1S/C19H27N3O7/c1-14(2)21(19(24)13-27-9-10-29-22(25)26)11-15(23)12-28-18-7-3-6-17-16(18)5-4-8-20-17/h3-7,14-15,20,23H,8-13H2,1-2H3. The van der Waals surface area contributed by atoms with Crippen molar-refractivity contribution in [3.8, 4) is 5.75 Å². The van der Waals surface area contributed by atoms with Crippen LogP contribution in [0, 0.1) is 10.1 Å². The summed E-state index contributed by atoms with van der Waals surface area (Å²) in [5, 5.41) is 22.8. The molecule has 0 saturated carbocycles. The van der Waals surface area contributed by atoms with Gasteiger partial charge in [-0.1, -0.05) is 18.2 Å². The van der Waals surface area contributed by atoms with Crippen LogP contribution < -0.4 is 10.1 Å². The third kappa shape index (κ3) is 7.24. The van der Waals surface area contributed by atoms with Gasteiger partial charge in [-0.3, -0.25) is 4.79 Å². The quantitative estimate of drug-likeness (QED) is 0.301. The molecular weight excluding hydrogens is 382 g/mol. The van der Waals surface area contributed by atoms with Crippen molar-refractivity contribution in [3.05, 3.63) is 40.0 Å². The predicted octanol–water partition coefficient (Wildman–Crippen LogP) is 1.33. The molecule has 0 saturated heterocycles. The van der Waals surface area contributed by atoms with Crippen LogP contribution in [0.15, 0.2) is 24.3 Å². The van der Waals surface area contributed by atoms with Crippen molar-refractivity contribution in [1.82, 2.24) is 4.90 Å². The smallest absolute Gasteiger partial charge is 0.294 e. The highest BCUT2D eigenvalue weighted by Crippen LogP contribution is 2.30. The summed E-state index contributed by atoms with van der Waals surface area (Å²) in [7, 11) is 0. The van der Waals surface area contributed by atoms with Gasteiger partial charge < -0.3 is 29.6 Å². The van der Waals surface area contributed by atoms with Gasteiger partial charge in [0.1, 0.15) is 31.7 Å². The number of amides is 1. The molecule has 1 aliphatic rings. The fraction of sp³-hybridized carbons (Fsp3) is 0.526. The average Bonchev–Trinajstić information content (AvgIpc) is 2.69. The summed E-state index contributed by atoms with van der Waals surface area (Å²) in [4.78, 5) is 28.0. The molecule has 1 atom stereocenters. The van der Waals surface area contributed by atoms with Crippen LogP contribution in [0.3, 0.4) is 0 Å². The second-order valence-electron chi connectivity index (χ2n) is 6.71. The van der Waals surface area contributed by atoms with Crippen molar-refractivity contribution in [2.24, 2.45) is 0 Å². The van der Waals surface area contributed by atoms with E-state index in [2.05, 4.69) is 10.2 Å². The monoisotopic (exact) mass is 409 g/mol. The van der Waals surface area contributed by atoms with Gasteiger partial charge in [-0.2, -0.15) is 0 Å². The number of benzene rings is 1. The first-order valence-corrected chi connectivity index (χ1v) is 9.37. The van der Waals surface area contributed by atoms with Crippen molar-refractivity contribution >= 4 is 17.7 Å². The van der Waals surface area contributed by atoms with E-state index in [1.165, 1.54) is 4.90 Å². The minimum Gasteiger partial charge on any atom is -0.490 e. The maximum atomic E-state index is 12.3. The summed E-state index contributed by atoms with van der Waals surface area (Å²) >= 11 is 0. The SMILES string of the molecule is CC(C)N(CC(O)COc1cccc2c1C=CCN2)C(=O)COCCO[N+](=O)[O-]. The molecule has 1 heterocycles. The fourth-order valence-corrected chi connectivity index (χ4v) is 2.82. The molecule has 160 valence electrons. The summed E-state index contributed by atoms with van der Waals surface area (Å²) in [6.07, 6.45) is 3.06. The summed E-state index contributed by atoms with van der Waals surface area (Å²) in [6, 6.07) is 5.50. The number of nitrogens with one attached hydrogen (secondary N) is 1. The van der Waals surface area contributed by atoms with E-state index in [0.29, 0.717) is 5.75 Å². The lowest BCUT2D eigenvalue weighted by atomic mass is 10.1. The molecule has 0 fully saturated rings. The van der Waals surface area contributed by atoms with Crippen LogP contribution in [0.5, 0.6) is 5.75 Å². The highest BCUT2D eigenvalue weighted by molar-refractivity contribution is 5.77. The van der Waals surface area contributed by atoms with Gasteiger partial charge in [0.2, 0.25) is 5.91 Å². The molecule has 10 heteroatoms. The van der Waals surface area contributed by atoms with Gasteiger partial charge in [-0.15, -0.1) is 10.1 Å². The number of aliphatic hydroxyl groups is 1. The molecule has 1 amide bonds. The van der Waals surface area contributed by atoms with Crippen LogP contribution in [-0.4, -0.2) is 72.7 Å². The molecule has 0 spiro atoms. The topological polar surface area (TPSA) is 123 Å². The summed E-state index contributed by atoms with van der Waals surface area (Å²) in [5.41, 5.74) is 1.89. The molecule has 1 aromatic carbocycles. The van der Waals surface area contributed by atoms with Crippen LogP contribution in [-0.2, 0) is 14.4 Å². The van der Waals surface area contributed by atoms with E-state index in [0.717, 1.165) is 17.8 Å². The highest BCUT2D eigenvalue weighted by atomic mass is 17.0. The van der Waals surface area contributed by atoms with E-state index in [1.54, 1.807) is 0 Å². The van der Waals surface area contributed by atoms with Crippen molar-refractivity contribution < 1.29 is 29.3 Å². The molecule has 0 bridgehead atoms. The zero-order chi connectivity index (χ0) is 21.2. The lowest BCUT2D eigenvalue weighted by Gasteiger charge is -2.29. The molecule has 1 aromatic rings. The largest absolute Gasteiger partial charge is 0.490 e. The number of hydrogen-bond donors (Lipinski definition) is 2. The number of ether oxygens (including phenoxy) is 2. The number of carbonyl (C=O) groups is 1. The molecule has 0 aromatic heterocycles. The predicted molar refractivity (Wildman–Crippen MR) is 106 cm³/mol. The van der Waals surface area contributed by atoms with Crippen molar-refractivity contribution in [2.75, 3.05) is 44.8 Å². The Bertz CT molecular complexity index is 724. The van der Waals surface area contributed by atoms with E-state index < -0.39 is 11.2 Å². The van der Waals surface area contributed by atoms with Crippen LogP contribution in [0.25, 0.3) is 6.08 Å². The zero-order valence-corrected chi connectivity index (χ0v) is 16.6. The Morgan fingerprint density at radius 1 is 1.38 bits per heavy atom. The van der Waals surface area contributed by atoms with Crippen LogP contribution in [0.1, 0.15) is 19.4 Å². The number of hydrogen-bond acceptors (Lipinski definition) is 8. The average molecular weight is 409 g/mol. The summed E-state index contributed by atoms with van der Waals surface area (Å²) in [5.74, 6) is 0.325. The molecule has 1 unspecified atom stereocenters. The maximum absolute atomic E-state index is 12.3. The Kier molecular flexibility index (Phi) is 8.68. The Balaban J connectivity index is 1.82. The van der Waals surface area contributed by atoms with Gasteiger partial charge in [-0.05, 0) is 26.0 Å². The number of anilines is 1. The van der Waals surface area contributed by atoms with Crippen LogP contribution in [0.2, 0.25) is 0 Å². The van der Waals surface area contributed by atoms with Crippen LogP contribution in [0.4, 0.5) is 5.69 Å². The Labute approximate surface area is 169 Å². The number of rotatable bonds is 12. The first-order chi connectivity index (χ1) is 13.9. The zero-order valence-electron chi connectivity index (χ0n) is 16.6. The van der Waals surface area contributed by atoms with Crippen LogP contribution >= 0.6 is 0 Å². The maximum Gasteiger partial charge on any atom is 0.294 e. The Hall–Kier alpha value is -2.85. The first kappa shape index (κ1) is 22.4. The van der Waals surface area contributed by atoms with Crippen molar-refractivity contribution in [1.29, 1.82) is 0 Å². The molecule has 0 aliphatic carbocycles. The third-order valence-corrected chi connectivity index (χ3v) is 4.19. The van der Waals surface area contributed by atoms with E-state index in [-0.39, 0.29) is 44.9 Å². The fourth-order valence-electron chi connectivity index (χ4n) is 2.82. The number of carbonyl (C=O) groups excluding carboxylic acids is 1. The highest BCUT2D eigenvalue weighted by Gasteiger charge is 2.21. The molecule has 10 nitrogen and oxygen atoms in total. The van der Waals surface area contributed by atoms with Gasteiger partial charge in [0, 0.05) is 23.8 Å². The molecule has 0 radical (unpaired) electrons. The lowest BCUT2D eigenvalue weighted by Crippen LogP contribution is -2.45. The first-order valence-electron chi connectivity index (χ1n) is 9.37. The molecule has 1 aliphatic heterocycles. The molecule has 29 heavy (non-hydrogen) atoms. The lowest BCUT2D eigenvalue weighted by molar-refractivity contribution is -0.758. The minimum absolute atomic E-state index is 0.0261. The molecule has 2 N–H and O–H groups in total. The van der Waals surface area contributed by atoms with Gasteiger partial charge in [0.05, 0.1) is 13.2 Å². The molecule has 2 rings (SSSR count). The normalized spacial score (nSPS) is 13.4. The Morgan fingerprint density at radius 3 is 2.90 bits per heavy atom. The number of aliphatic hydroxyl groups excluding tert-OH is 1. The van der Waals surface area contributed by atoms with Gasteiger partial charge in [-0.25, -0.2) is 0 Å². The molecular formula is C19H27N3O7. The van der Waals surface area contributed by atoms with E-state index in [4.69, 9.17) is 9.47 Å². The second-order valence-corrected chi connectivity index (χ2v) is 6.71. The van der Waals surface area contributed by atoms with Gasteiger partial charge in [0.25, 0.3) is 5.09 Å². The van der Waals surface area contributed by atoms with E-state index in [9.17, 15) is 20.0 Å². The Morgan fingerprint density at radius 2 is 2.17 bits per heavy atom.